The van der Waals surface area contributed by atoms with E-state index >= 15 is 0 Å². The molecule has 1 aliphatic rings. The van der Waals surface area contributed by atoms with E-state index in [1.165, 1.54) is 24.3 Å². The number of ketones is 1. The van der Waals surface area contributed by atoms with Crippen molar-refractivity contribution < 1.29 is 14.0 Å². The Bertz CT molecular complexity index is 808. The Morgan fingerprint density at radius 1 is 1.18 bits per heavy atom. The standard InChI is InChI=1S/C17H11FN2O2/c18-12-5-7-13(8-6-12)20-16(22)17(10-19)9-11-3-1-2-4-14(11)15(17)21/h1-8H,9H2,(H,20,22)/t17-/m1/s1. The maximum absolute atomic E-state index is 12.9. The number of amides is 1. The van der Waals surface area contributed by atoms with Crippen LogP contribution in [-0.4, -0.2) is 11.7 Å². The highest BCUT2D eigenvalue weighted by Gasteiger charge is 2.52. The number of rotatable bonds is 2. The van der Waals surface area contributed by atoms with E-state index in [-0.39, 0.29) is 6.42 Å². The van der Waals surface area contributed by atoms with Crippen LogP contribution in [0.3, 0.4) is 0 Å². The third kappa shape index (κ3) is 2.06. The van der Waals surface area contributed by atoms with Crippen LogP contribution in [0.25, 0.3) is 0 Å². The molecule has 1 amide bonds. The second kappa shape index (κ2) is 5.08. The number of Topliss-reactive ketones (excluding diaryl/α,β-unsaturated/α-hetero) is 1. The number of nitriles is 1. The molecule has 1 N–H and O–H groups in total. The monoisotopic (exact) mass is 294 g/mol. The van der Waals surface area contributed by atoms with E-state index in [1.54, 1.807) is 24.3 Å². The Kier molecular flexibility index (Phi) is 3.22. The predicted molar refractivity (Wildman–Crippen MR) is 77.6 cm³/mol. The van der Waals surface area contributed by atoms with Gasteiger partial charge in [-0.2, -0.15) is 5.26 Å². The van der Waals surface area contributed by atoms with E-state index in [2.05, 4.69) is 5.32 Å². The Balaban J connectivity index is 1.92. The van der Waals surface area contributed by atoms with E-state index in [1.807, 2.05) is 6.07 Å². The van der Waals surface area contributed by atoms with Gasteiger partial charge in [-0.05, 0) is 29.8 Å². The minimum absolute atomic E-state index is 0.0472. The molecular weight excluding hydrogens is 283 g/mol. The van der Waals surface area contributed by atoms with Gasteiger partial charge in [0.2, 0.25) is 5.41 Å². The van der Waals surface area contributed by atoms with E-state index in [0.29, 0.717) is 16.8 Å². The largest absolute Gasteiger partial charge is 0.324 e. The molecule has 0 saturated carbocycles. The summed E-state index contributed by atoms with van der Waals surface area (Å²) >= 11 is 0. The molecule has 0 bridgehead atoms. The van der Waals surface area contributed by atoms with Gasteiger partial charge in [0.25, 0.3) is 5.91 Å². The first-order valence-corrected chi connectivity index (χ1v) is 6.68. The van der Waals surface area contributed by atoms with Crippen LogP contribution < -0.4 is 5.32 Å². The molecule has 2 aromatic rings. The zero-order valence-corrected chi connectivity index (χ0v) is 11.5. The summed E-state index contributed by atoms with van der Waals surface area (Å²) in [6.07, 6.45) is 0.0472. The summed E-state index contributed by atoms with van der Waals surface area (Å²) in [5.74, 6) is -1.62. The molecule has 0 saturated heterocycles. The van der Waals surface area contributed by atoms with Gasteiger partial charge in [0, 0.05) is 17.7 Å². The van der Waals surface area contributed by atoms with E-state index < -0.39 is 22.9 Å². The van der Waals surface area contributed by atoms with Crippen LogP contribution in [0, 0.1) is 22.6 Å². The van der Waals surface area contributed by atoms with E-state index in [0.717, 1.165) is 0 Å². The van der Waals surface area contributed by atoms with Crippen molar-refractivity contribution in [2.75, 3.05) is 5.32 Å². The van der Waals surface area contributed by atoms with Gasteiger partial charge in [-0.1, -0.05) is 24.3 Å². The van der Waals surface area contributed by atoms with Crippen molar-refractivity contribution in [1.29, 1.82) is 5.26 Å². The number of benzene rings is 2. The fraction of sp³-hybridized carbons (Fsp3) is 0.118. The fourth-order valence-electron chi connectivity index (χ4n) is 2.59. The second-order valence-electron chi connectivity index (χ2n) is 5.14. The Morgan fingerprint density at radius 2 is 1.86 bits per heavy atom. The lowest BCUT2D eigenvalue weighted by molar-refractivity contribution is -0.120. The lowest BCUT2D eigenvalue weighted by Crippen LogP contribution is -2.40. The SMILES string of the molecule is N#C[C@]1(C(=O)Nc2ccc(F)cc2)Cc2ccccc2C1=O. The molecule has 3 rings (SSSR count). The van der Waals surface area contributed by atoms with Gasteiger partial charge in [-0.25, -0.2) is 4.39 Å². The third-order valence-electron chi connectivity index (χ3n) is 3.79. The maximum Gasteiger partial charge on any atom is 0.253 e. The summed E-state index contributed by atoms with van der Waals surface area (Å²) in [6, 6.07) is 13.8. The number of carbonyl (C=O) groups excluding carboxylic acids is 2. The summed E-state index contributed by atoms with van der Waals surface area (Å²) in [5.41, 5.74) is -0.343. The fourth-order valence-corrected chi connectivity index (χ4v) is 2.59. The minimum Gasteiger partial charge on any atom is -0.324 e. The highest BCUT2D eigenvalue weighted by Crippen LogP contribution is 2.37. The van der Waals surface area contributed by atoms with Gasteiger partial charge < -0.3 is 5.32 Å². The summed E-state index contributed by atoms with van der Waals surface area (Å²) < 4.78 is 12.9. The van der Waals surface area contributed by atoms with Crippen molar-refractivity contribution in [2.45, 2.75) is 6.42 Å². The van der Waals surface area contributed by atoms with Gasteiger partial charge in [0.05, 0.1) is 6.07 Å². The zero-order chi connectivity index (χ0) is 15.7. The number of hydrogen-bond acceptors (Lipinski definition) is 3. The average molecular weight is 294 g/mol. The first-order chi connectivity index (χ1) is 10.6. The van der Waals surface area contributed by atoms with Crippen LogP contribution in [0.5, 0.6) is 0 Å². The molecule has 22 heavy (non-hydrogen) atoms. The Morgan fingerprint density at radius 3 is 2.50 bits per heavy atom. The van der Waals surface area contributed by atoms with Crippen LogP contribution in [0.4, 0.5) is 10.1 Å². The first kappa shape index (κ1) is 14.0. The van der Waals surface area contributed by atoms with Gasteiger partial charge in [0.15, 0.2) is 5.78 Å². The van der Waals surface area contributed by atoms with E-state index in [9.17, 15) is 19.2 Å². The predicted octanol–water partition coefficient (Wildman–Crippen LogP) is 2.71. The maximum atomic E-state index is 12.9. The molecule has 4 nitrogen and oxygen atoms in total. The van der Waals surface area contributed by atoms with Gasteiger partial charge in [-0.15, -0.1) is 0 Å². The zero-order valence-electron chi connectivity index (χ0n) is 11.5. The quantitative estimate of drug-likeness (QED) is 0.866. The van der Waals surface area contributed by atoms with Crippen LogP contribution in [0.15, 0.2) is 48.5 Å². The number of nitrogens with one attached hydrogen (secondary N) is 1. The molecule has 1 aliphatic carbocycles. The number of anilines is 1. The molecule has 1 atom stereocenters. The molecule has 5 heteroatoms. The van der Waals surface area contributed by atoms with Crippen molar-refractivity contribution in [3.63, 3.8) is 0 Å². The number of hydrogen-bond donors (Lipinski definition) is 1. The number of fused-ring (bicyclic) bond motifs is 1. The molecule has 0 spiro atoms. The Labute approximate surface area is 126 Å². The lowest BCUT2D eigenvalue weighted by Gasteiger charge is -2.18. The number of halogens is 1. The molecule has 108 valence electrons. The topological polar surface area (TPSA) is 70.0 Å². The first-order valence-electron chi connectivity index (χ1n) is 6.68. The molecule has 0 heterocycles. The second-order valence-corrected chi connectivity index (χ2v) is 5.14. The van der Waals surface area contributed by atoms with Crippen molar-refractivity contribution in [3.05, 3.63) is 65.5 Å². The smallest absolute Gasteiger partial charge is 0.253 e. The molecule has 0 aromatic heterocycles. The molecule has 0 radical (unpaired) electrons. The molecule has 0 unspecified atom stereocenters. The summed E-state index contributed by atoms with van der Waals surface area (Å²) in [6.45, 7) is 0. The molecule has 2 aromatic carbocycles. The number of carbonyl (C=O) groups is 2. The lowest BCUT2D eigenvalue weighted by atomic mass is 9.84. The third-order valence-corrected chi connectivity index (χ3v) is 3.79. The average Bonchev–Trinajstić information content (AvgIpc) is 2.83. The highest BCUT2D eigenvalue weighted by molar-refractivity contribution is 6.22. The van der Waals surface area contributed by atoms with Gasteiger partial charge in [-0.3, -0.25) is 9.59 Å². The minimum atomic E-state index is -1.77. The van der Waals surface area contributed by atoms with Crippen molar-refractivity contribution in [2.24, 2.45) is 5.41 Å². The normalized spacial score (nSPS) is 19.4. The van der Waals surface area contributed by atoms with Gasteiger partial charge >= 0.3 is 0 Å². The summed E-state index contributed by atoms with van der Waals surface area (Å²) in [7, 11) is 0. The highest BCUT2D eigenvalue weighted by atomic mass is 19.1. The molecule has 0 fully saturated rings. The number of nitrogens with zero attached hydrogens (tertiary/aromatic N) is 1. The molecular formula is C17H11FN2O2. The van der Waals surface area contributed by atoms with Crippen LogP contribution in [0.2, 0.25) is 0 Å². The Hall–Kier alpha value is -3.00. The van der Waals surface area contributed by atoms with Crippen LogP contribution in [-0.2, 0) is 11.2 Å². The van der Waals surface area contributed by atoms with E-state index in [4.69, 9.17) is 0 Å². The van der Waals surface area contributed by atoms with Crippen LogP contribution in [0.1, 0.15) is 15.9 Å². The van der Waals surface area contributed by atoms with Crippen LogP contribution >= 0.6 is 0 Å². The van der Waals surface area contributed by atoms with Gasteiger partial charge in [0.1, 0.15) is 5.82 Å². The molecule has 0 aliphatic heterocycles. The van der Waals surface area contributed by atoms with Crippen molar-refractivity contribution in [3.8, 4) is 6.07 Å². The summed E-state index contributed by atoms with van der Waals surface area (Å²) in [4.78, 5) is 25.0. The van der Waals surface area contributed by atoms with Crippen molar-refractivity contribution in [1.82, 2.24) is 0 Å². The van der Waals surface area contributed by atoms with Crippen molar-refractivity contribution >= 4 is 17.4 Å². The summed E-state index contributed by atoms with van der Waals surface area (Å²) in [5, 5.41) is 12.0.